The molecule has 0 saturated heterocycles. The third kappa shape index (κ3) is 18.0. The van der Waals surface area contributed by atoms with E-state index in [1.165, 1.54) is 0 Å². The Kier molecular flexibility index (Phi) is 13.6. The average Bonchev–Trinajstić information content (AvgIpc) is 1.90. The van der Waals surface area contributed by atoms with Gasteiger partial charge in [-0.05, 0) is 36.7 Å². The molecule has 11 heavy (non-hydrogen) atoms. The van der Waals surface area contributed by atoms with Crippen LogP contribution in [-0.4, -0.2) is 22.7 Å². The normalized spacial score (nSPS) is 11.4. The number of halogens is 2. The van der Waals surface area contributed by atoms with Crippen LogP contribution in [0.4, 0.5) is 0 Å². The van der Waals surface area contributed by atoms with Crippen molar-refractivity contribution in [1.82, 2.24) is 0 Å². The molecule has 0 rings (SSSR count). The Morgan fingerprint density at radius 3 is 1.73 bits per heavy atom. The molecule has 0 aliphatic rings. The van der Waals surface area contributed by atoms with Crippen LogP contribution in [0, 0.1) is 0 Å². The van der Waals surface area contributed by atoms with Gasteiger partial charge in [0.05, 0.1) is 4.83 Å². The van der Waals surface area contributed by atoms with Crippen molar-refractivity contribution in [3.63, 3.8) is 0 Å². The highest BCUT2D eigenvalue weighted by Crippen LogP contribution is 2.02. The molecule has 0 spiro atoms. The van der Waals surface area contributed by atoms with E-state index < -0.39 is 0 Å². The van der Waals surface area contributed by atoms with Gasteiger partial charge in [0.25, 0.3) is 0 Å². The minimum Gasteiger partial charge on any atom is -0.382 e. The average molecular weight is 290 g/mol. The maximum Gasteiger partial charge on any atom is 0.211 e. The van der Waals surface area contributed by atoms with Crippen molar-refractivity contribution in [2.24, 2.45) is 0 Å². The minimum absolute atomic E-state index is 0.0116. The van der Waals surface area contributed by atoms with Gasteiger partial charge in [0.15, 0.2) is 0 Å². The van der Waals surface area contributed by atoms with E-state index in [1.54, 1.807) is 6.92 Å². The number of carbonyl (C=O) groups is 1. The summed E-state index contributed by atoms with van der Waals surface area (Å²) in [5, 5.41) is 0. The first-order valence-corrected chi connectivity index (χ1v) is 5.18. The van der Waals surface area contributed by atoms with E-state index in [1.807, 2.05) is 13.8 Å². The number of hydrogen-bond acceptors (Lipinski definition) is 2. The third-order valence-electron chi connectivity index (χ3n) is 0.721. The van der Waals surface area contributed by atoms with E-state index >= 15 is 0 Å². The molecule has 2 nitrogen and oxygen atoms in total. The summed E-state index contributed by atoms with van der Waals surface area (Å²) in [4.78, 5) is 9.96. The second kappa shape index (κ2) is 10.6. The highest BCUT2D eigenvalue weighted by molar-refractivity contribution is 9.20. The summed E-state index contributed by atoms with van der Waals surface area (Å²) in [6, 6.07) is 0. The molecule has 0 heterocycles. The molecule has 0 bridgehead atoms. The molecule has 4 heteroatoms. The van der Waals surface area contributed by atoms with E-state index in [0.29, 0.717) is 0 Å². The molecule has 0 amide bonds. The van der Waals surface area contributed by atoms with Gasteiger partial charge in [-0.25, -0.2) is 0 Å². The van der Waals surface area contributed by atoms with Crippen molar-refractivity contribution in [2.75, 3.05) is 13.2 Å². The first kappa shape index (κ1) is 14.1. The zero-order valence-electron chi connectivity index (χ0n) is 7.06. The molecule has 0 fully saturated rings. The van der Waals surface area contributed by atoms with E-state index in [2.05, 4.69) is 31.9 Å². The van der Waals surface area contributed by atoms with Gasteiger partial charge >= 0.3 is 0 Å². The van der Waals surface area contributed by atoms with Gasteiger partial charge in [-0.1, -0.05) is 15.9 Å². The van der Waals surface area contributed by atoms with Gasteiger partial charge < -0.3 is 4.74 Å². The molecule has 0 aliphatic carbocycles. The Labute approximate surface area is 84.9 Å². The van der Waals surface area contributed by atoms with E-state index in [-0.39, 0.29) is 9.52 Å². The van der Waals surface area contributed by atoms with Crippen LogP contribution in [0.2, 0.25) is 0 Å². The van der Waals surface area contributed by atoms with Gasteiger partial charge in [0.2, 0.25) is 4.69 Å². The van der Waals surface area contributed by atoms with Crippen LogP contribution < -0.4 is 0 Å². The second-order valence-corrected chi connectivity index (χ2v) is 3.86. The smallest absolute Gasteiger partial charge is 0.211 e. The first-order chi connectivity index (χ1) is 5.06. The van der Waals surface area contributed by atoms with Crippen molar-refractivity contribution >= 4 is 36.6 Å². The Morgan fingerprint density at radius 2 is 1.73 bits per heavy atom. The summed E-state index contributed by atoms with van der Waals surface area (Å²) < 4.78 is 4.82. The van der Waals surface area contributed by atoms with Crippen molar-refractivity contribution in [1.29, 1.82) is 0 Å². The summed E-state index contributed by atoms with van der Waals surface area (Å²) in [6.07, 6.45) is 0. The van der Waals surface area contributed by atoms with Gasteiger partial charge in [0.1, 0.15) is 0 Å². The topological polar surface area (TPSA) is 26.3 Å². The Morgan fingerprint density at radius 1 is 1.45 bits per heavy atom. The van der Waals surface area contributed by atoms with Gasteiger partial charge in [-0.3, -0.25) is 4.79 Å². The molecular weight excluding hydrogens is 276 g/mol. The zero-order valence-corrected chi connectivity index (χ0v) is 10.2. The van der Waals surface area contributed by atoms with Crippen molar-refractivity contribution < 1.29 is 9.53 Å². The molecule has 1 atom stereocenters. The molecule has 1 unspecified atom stereocenters. The predicted molar refractivity (Wildman–Crippen MR) is 54.5 cm³/mol. The number of carbonyl (C=O) groups excluding carboxylic acids is 1. The van der Waals surface area contributed by atoms with Crippen LogP contribution in [0.1, 0.15) is 20.8 Å². The monoisotopic (exact) mass is 288 g/mol. The predicted octanol–water partition coefficient (Wildman–Crippen LogP) is 2.73. The van der Waals surface area contributed by atoms with Crippen molar-refractivity contribution in [2.45, 2.75) is 25.6 Å². The fraction of sp³-hybridized carbons (Fsp3) is 0.857. The summed E-state index contributed by atoms with van der Waals surface area (Å²) in [5.41, 5.74) is 0. The molecule has 0 aromatic heterocycles. The third-order valence-corrected chi connectivity index (χ3v) is 2.44. The Bertz CT molecular complexity index is 92.4. The second-order valence-electron chi connectivity index (χ2n) is 1.70. The molecular formula is C7H14Br2O2. The van der Waals surface area contributed by atoms with Crippen molar-refractivity contribution in [3.8, 4) is 0 Å². The van der Waals surface area contributed by atoms with Gasteiger partial charge in [-0.15, -0.1) is 0 Å². The molecule has 0 aromatic rings. The largest absolute Gasteiger partial charge is 0.382 e. The number of hydrogen-bond donors (Lipinski definition) is 0. The lowest BCUT2D eigenvalue weighted by atomic mass is 10.6. The summed E-state index contributed by atoms with van der Waals surface area (Å²) in [7, 11) is 0. The summed E-state index contributed by atoms with van der Waals surface area (Å²) in [5.74, 6) is 0. The summed E-state index contributed by atoms with van der Waals surface area (Å²) >= 11 is 5.80. The van der Waals surface area contributed by atoms with Gasteiger partial charge in [0, 0.05) is 13.2 Å². The molecule has 0 saturated carbocycles. The number of ether oxygens (including phenoxy) is 1. The highest BCUT2D eigenvalue weighted by atomic mass is 79.9. The fourth-order valence-corrected chi connectivity index (χ4v) is 0.204. The lowest BCUT2D eigenvalue weighted by molar-refractivity contribution is -0.109. The quantitative estimate of drug-likeness (QED) is 0.590. The summed E-state index contributed by atoms with van der Waals surface area (Å²) in [6.45, 7) is 7.43. The van der Waals surface area contributed by atoms with Gasteiger partial charge in [-0.2, -0.15) is 0 Å². The van der Waals surface area contributed by atoms with Crippen LogP contribution in [0.3, 0.4) is 0 Å². The SMILES string of the molecule is CC(Br)C(=O)Br.CCOCC. The van der Waals surface area contributed by atoms with Crippen LogP contribution >= 0.6 is 31.9 Å². The fourth-order valence-electron chi connectivity index (χ4n) is 0.204. The van der Waals surface area contributed by atoms with Crippen LogP contribution in [0.25, 0.3) is 0 Å². The van der Waals surface area contributed by atoms with E-state index in [0.717, 1.165) is 13.2 Å². The van der Waals surface area contributed by atoms with Crippen LogP contribution in [0.5, 0.6) is 0 Å². The molecule has 0 radical (unpaired) electrons. The number of alkyl halides is 1. The van der Waals surface area contributed by atoms with E-state index in [4.69, 9.17) is 4.74 Å². The molecule has 68 valence electrons. The first-order valence-electron chi connectivity index (χ1n) is 3.47. The Balaban J connectivity index is 0. The van der Waals surface area contributed by atoms with E-state index in [9.17, 15) is 4.79 Å². The van der Waals surface area contributed by atoms with Crippen LogP contribution in [-0.2, 0) is 9.53 Å². The molecule has 0 N–H and O–H groups in total. The van der Waals surface area contributed by atoms with Crippen LogP contribution in [0.15, 0.2) is 0 Å². The maximum atomic E-state index is 10.0. The molecule has 0 aromatic carbocycles. The zero-order chi connectivity index (χ0) is 9.28. The molecule has 0 aliphatic heterocycles. The Hall–Kier alpha value is 0.590. The number of rotatable bonds is 3. The lowest BCUT2D eigenvalue weighted by Crippen LogP contribution is -1.97. The lowest BCUT2D eigenvalue weighted by Gasteiger charge is -1.86. The highest BCUT2D eigenvalue weighted by Gasteiger charge is 2.00. The van der Waals surface area contributed by atoms with Crippen molar-refractivity contribution in [3.05, 3.63) is 0 Å². The maximum absolute atomic E-state index is 10.0. The standard InChI is InChI=1S/C4H10O.C3H4Br2O/c1-3-5-4-2;1-2(4)3(5)6/h3-4H2,1-2H3;2H,1H3. The minimum atomic E-state index is -0.0579.